The van der Waals surface area contributed by atoms with Crippen LogP contribution in [0.25, 0.3) is 0 Å². The van der Waals surface area contributed by atoms with Crippen molar-refractivity contribution in [1.82, 2.24) is 10.2 Å². The third kappa shape index (κ3) is 3.07. The molecule has 0 aliphatic carbocycles. The SMILES string of the molecule is COc1ccccc1N1CCN(C[C@H]2CCCN2)CC1. The van der Waals surface area contributed by atoms with E-state index in [1.807, 2.05) is 12.1 Å². The van der Waals surface area contributed by atoms with Crippen LogP contribution in [0, 0.1) is 0 Å². The first kappa shape index (κ1) is 13.7. The number of anilines is 1. The number of hydrogen-bond donors (Lipinski definition) is 1. The molecule has 2 heterocycles. The standard InChI is InChI=1S/C16H25N3O/c1-20-16-7-3-2-6-15(16)19-11-9-18(10-12-19)13-14-5-4-8-17-14/h2-3,6-7,14,17H,4-5,8-13H2,1H3/t14-/m1/s1. The number of ether oxygens (including phenoxy) is 1. The van der Waals surface area contributed by atoms with Crippen molar-refractivity contribution in [3.63, 3.8) is 0 Å². The Morgan fingerprint density at radius 2 is 2.00 bits per heavy atom. The Hall–Kier alpha value is -1.26. The highest BCUT2D eigenvalue weighted by atomic mass is 16.5. The van der Waals surface area contributed by atoms with Gasteiger partial charge in [-0.1, -0.05) is 12.1 Å². The van der Waals surface area contributed by atoms with Gasteiger partial charge in [0.2, 0.25) is 0 Å². The molecule has 1 atom stereocenters. The van der Waals surface area contributed by atoms with Gasteiger partial charge >= 0.3 is 0 Å². The first-order valence-electron chi connectivity index (χ1n) is 7.70. The van der Waals surface area contributed by atoms with Gasteiger partial charge in [0.25, 0.3) is 0 Å². The largest absolute Gasteiger partial charge is 0.495 e. The lowest BCUT2D eigenvalue weighted by Gasteiger charge is -2.37. The van der Waals surface area contributed by atoms with Crippen LogP contribution in [-0.4, -0.2) is 57.3 Å². The summed E-state index contributed by atoms with van der Waals surface area (Å²) in [5.74, 6) is 0.985. The number of piperazine rings is 1. The molecular formula is C16H25N3O. The highest BCUT2D eigenvalue weighted by molar-refractivity contribution is 5.58. The predicted molar refractivity (Wildman–Crippen MR) is 82.7 cm³/mol. The van der Waals surface area contributed by atoms with E-state index in [-0.39, 0.29) is 0 Å². The van der Waals surface area contributed by atoms with Gasteiger partial charge in [-0.05, 0) is 31.5 Å². The normalized spacial score (nSPS) is 24.1. The molecule has 3 rings (SSSR count). The summed E-state index contributed by atoms with van der Waals surface area (Å²) in [5, 5.41) is 3.59. The lowest BCUT2D eigenvalue weighted by molar-refractivity contribution is 0.235. The van der Waals surface area contributed by atoms with Crippen LogP contribution >= 0.6 is 0 Å². The van der Waals surface area contributed by atoms with E-state index in [1.54, 1.807) is 7.11 Å². The molecule has 0 spiro atoms. The Morgan fingerprint density at radius 1 is 1.20 bits per heavy atom. The molecule has 2 saturated heterocycles. The molecule has 1 N–H and O–H groups in total. The van der Waals surface area contributed by atoms with Gasteiger partial charge in [0.15, 0.2) is 0 Å². The molecule has 1 aromatic carbocycles. The smallest absolute Gasteiger partial charge is 0.142 e. The maximum atomic E-state index is 5.47. The van der Waals surface area contributed by atoms with Crippen molar-refractivity contribution >= 4 is 5.69 Å². The molecule has 0 unspecified atom stereocenters. The van der Waals surface area contributed by atoms with Gasteiger partial charge < -0.3 is 15.0 Å². The van der Waals surface area contributed by atoms with Crippen LogP contribution in [0.3, 0.4) is 0 Å². The number of nitrogens with one attached hydrogen (secondary N) is 1. The number of nitrogens with zero attached hydrogens (tertiary/aromatic N) is 2. The second kappa shape index (κ2) is 6.46. The molecule has 110 valence electrons. The quantitative estimate of drug-likeness (QED) is 0.903. The fourth-order valence-electron chi connectivity index (χ4n) is 3.29. The lowest BCUT2D eigenvalue weighted by Crippen LogP contribution is -2.49. The third-order valence-corrected chi connectivity index (χ3v) is 4.44. The number of hydrogen-bond acceptors (Lipinski definition) is 4. The average Bonchev–Trinajstić information content (AvgIpc) is 3.01. The van der Waals surface area contributed by atoms with Crippen LogP contribution in [0.4, 0.5) is 5.69 Å². The first-order valence-corrected chi connectivity index (χ1v) is 7.70. The van der Waals surface area contributed by atoms with Crippen molar-refractivity contribution in [2.75, 3.05) is 51.3 Å². The molecular weight excluding hydrogens is 250 g/mol. The van der Waals surface area contributed by atoms with Crippen molar-refractivity contribution in [3.8, 4) is 5.75 Å². The second-order valence-corrected chi connectivity index (χ2v) is 5.75. The summed E-state index contributed by atoms with van der Waals surface area (Å²) in [4.78, 5) is 5.03. The molecule has 4 nitrogen and oxygen atoms in total. The van der Waals surface area contributed by atoms with E-state index >= 15 is 0 Å². The zero-order valence-corrected chi connectivity index (χ0v) is 12.3. The molecule has 2 aliphatic heterocycles. The summed E-state index contributed by atoms with van der Waals surface area (Å²) >= 11 is 0. The van der Waals surface area contributed by atoms with Crippen molar-refractivity contribution in [3.05, 3.63) is 24.3 Å². The summed E-state index contributed by atoms with van der Waals surface area (Å²) in [5.41, 5.74) is 1.23. The van der Waals surface area contributed by atoms with Crippen LogP contribution in [0.5, 0.6) is 5.75 Å². The Morgan fingerprint density at radius 3 is 2.70 bits per heavy atom. The summed E-state index contributed by atoms with van der Waals surface area (Å²) in [6.45, 7) is 6.89. The van der Waals surface area contributed by atoms with E-state index in [9.17, 15) is 0 Å². The molecule has 0 aromatic heterocycles. The molecule has 0 radical (unpaired) electrons. The van der Waals surface area contributed by atoms with Crippen molar-refractivity contribution in [2.45, 2.75) is 18.9 Å². The van der Waals surface area contributed by atoms with Crippen LogP contribution in [0.2, 0.25) is 0 Å². The fourth-order valence-corrected chi connectivity index (χ4v) is 3.29. The summed E-state index contributed by atoms with van der Waals surface area (Å²) in [6, 6.07) is 9.04. The number of benzene rings is 1. The van der Waals surface area contributed by atoms with Crippen molar-refractivity contribution in [2.24, 2.45) is 0 Å². The highest BCUT2D eigenvalue weighted by Crippen LogP contribution is 2.28. The van der Waals surface area contributed by atoms with Crippen molar-refractivity contribution < 1.29 is 4.74 Å². The van der Waals surface area contributed by atoms with E-state index < -0.39 is 0 Å². The van der Waals surface area contributed by atoms with Crippen LogP contribution in [0.15, 0.2) is 24.3 Å². The minimum atomic E-state index is 0.716. The first-order chi connectivity index (χ1) is 9.86. The van der Waals surface area contributed by atoms with Crippen LogP contribution in [-0.2, 0) is 0 Å². The molecule has 2 fully saturated rings. The zero-order chi connectivity index (χ0) is 13.8. The van der Waals surface area contributed by atoms with Crippen LogP contribution < -0.4 is 15.0 Å². The minimum absolute atomic E-state index is 0.716. The van der Waals surface area contributed by atoms with E-state index in [4.69, 9.17) is 4.74 Å². The van der Waals surface area contributed by atoms with Crippen LogP contribution in [0.1, 0.15) is 12.8 Å². The maximum Gasteiger partial charge on any atom is 0.142 e. The Bertz CT molecular complexity index is 423. The zero-order valence-electron chi connectivity index (χ0n) is 12.3. The Labute approximate surface area is 121 Å². The van der Waals surface area contributed by atoms with Gasteiger partial charge in [-0.3, -0.25) is 4.90 Å². The predicted octanol–water partition coefficient (Wildman–Crippen LogP) is 1.57. The van der Waals surface area contributed by atoms with E-state index in [1.165, 1.54) is 31.6 Å². The van der Waals surface area contributed by atoms with Gasteiger partial charge in [-0.2, -0.15) is 0 Å². The van der Waals surface area contributed by atoms with Gasteiger partial charge in [0.05, 0.1) is 12.8 Å². The summed E-state index contributed by atoms with van der Waals surface area (Å²) in [6.07, 6.45) is 2.68. The van der Waals surface area contributed by atoms with Gasteiger partial charge in [-0.15, -0.1) is 0 Å². The second-order valence-electron chi connectivity index (χ2n) is 5.75. The molecule has 20 heavy (non-hydrogen) atoms. The van der Waals surface area contributed by atoms with Gasteiger partial charge in [0.1, 0.15) is 5.75 Å². The fraction of sp³-hybridized carbons (Fsp3) is 0.625. The number of rotatable bonds is 4. The summed E-state index contributed by atoms with van der Waals surface area (Å²) < 4.78 is 5.47. The Kier molecular flexibility index (Phi) is 4.43. The van der Waals surface area contributed by atoms with Gasteiger partial charge in [0, 0.05) is 38.8 Å². The average molecular weight is 275 g/mol. The topological polar surface area (TPSA) is 27.7 Å². The maximum absolute atomic E-state index is 5.47. The van der Waals surface area contributed by atoms with E-state index in [0.29, 0.717) is 6.04 Å². The lowest BCUT2D eigenvalue weighted by atomic mass is 10.2. The monoisotopic (exact) mass is 275 g/mol. The molecule has 4 heteroatoms. The molecule has 0 bridgehead atoms. The highest BCUT2D eigenvalue weighted by Gasteiger charge is 2.23. The molecule has 0 saturated carbocycles. The van der Waals surface area contributed by atoms with Crippen molar-refractivity contribution in [1.29, 1.82) is 0 Å². The van der Waals surface area contributed by atoms with E-state index in [2.05, 4.69) is 27.2 Å². The van der Waals surface area contributed by atoms with Gasteiger partial charge in [-0.25, -0.2) is 0 Å². The molecule has 1 aromatic rings. The number of para-hydroxylation sites is 2. The molecule has 2 aliphatic rings. The van der Waals surface area contributed by atoms with E-state index in [0.717, 1.165) is 31.9 Å². The third-order valence-electron chi connectivity index (χ3n) is 4.44. The number of methoxy groups -OCH3 is 1. The summed E-state index contributed by atoms with van der Waals surface area (Å²) in [7, 11) is 1.75. The Balaban J connectivity index is 1.55. The molecule has 0 amide bonds. The minimum Gasteiger partial charge on any atom is -0.495 e.